The van der Waals surface area contributed by atoms with Crippen molar-refractivity contribution in [1.82, 2.24) is 15.0 Å². The van der Waals surface area contributed by atoms with E-state index < -0.39 is 0 Å². The van der Waals surface area contributed by atoms with E-state index in [0.29, 0.717) is 6.61 Å². The molecular formula is C21H27N3O3. The first kappa shape index (κ1) is 19.2. The van der Waals surface area contributed by atoms with Crippen LogP contribution in [0.4, 0.5) is 0 Å². The summed E-state index contributed by atoms with van der Waals surface area (Å²) in [6, 6.07) is 7.75. The van der Waals surface area contributed by atoms with E-state index in [4.69, 9.17) is 9.26 Å². The summed E-state index contributed by atoms with van der Waals surface area (Å²) in [5.41, 5.74) is 3.02. The number of amides is 1. The molecular weight excluding hydrogens is 342 g/mol. The summed E-state index contributed by atoms with van der Waals surface area (Å²) >= 11 is 0. The van der Waals surface area contributed by atoms with Crippen molar-refractivity contribution in [2.75, 3.05) is 32.8 Å². The monoisotopic (exact) mass is 369 g/mol. The van der Waals surface area contributed by atoms with Gasteiger partial charge in [-0.05, 0) is 32.9 Å². The minimum atomic E-state index is 0.0401. The van der Waals surface area contributed by atoms with Gasteiger partial charge in [0.2, 0.25) is 5.91 Å². The predicted octanol–water partition coefficient (Wildman–Crippen LogP) is 3.05. The molecule has 0 spiro atoms. The van der Waals surface area contributed by atoms with Crippen LogP contribution < -0.4 is 4.74 Å². The predicted molar refractivity (Wildman–Crippen MR) is 104 cm³/mol. The Hall–Kier alpha value is -2.60. The Balaban J connectivity index is 1.54. The molecule has 1 aliphatic rings. The second-order valence-electron chi connectivity index (χ2n) is 6.71. The number of piperazine rings is 1. The molecule has 1 aromatic heterocycles. The smallest absolute Gasteiger partial charge is 0.246 e. The van der Waals surface area contributed by atoms with Crippen LogP contribution in [0.5, 0.6) is 5.75 Å². The number of ether oxygens (including phenoxy) is 1. The molecule has 2 heterocycles. The number of carbonyl (C=O) groups excluding carboxylic acids is 1. The van der Waals surface area contributed by atoms with E-state index >= 15 is 0 Å². The van der Waals surface area contributed by atoms with Crippen molar-refractivity contribution in [3.8, 4) is 5.75 Å². The average Bonchev–Trinajstić information content (AvgIpc) is 3.00. The Morgan fingerprint density at radius 1 is 1.22 bits per heavy atom. The molecule has 1 amide bonds. The topological polar surface area (TPSA) is 58.8 Å². The van der Waals surface area contributed by atoms with E-state index in [1.54, 1.807) is 6.08 Å². The van der Waals surface area contributed by atoms with Crippen molar-refractivity contribution in [2.24, 2.45) is 0 Å². The third-order valence-corrected chi connectivity index (χ3v) is 4.87. The van der Waals surface area contributed by atoms with Gasteiger partial charge in [-0.15, -0.1) is 0 Å². The average molecular weight is 369 g/mol. The summed E-state index contributed by atoms with van der Waals surface area (Å²) < 4.78 is 10.8. The van der Waals surface area contributed by atoms with Crippen molar-refractivity contribution in [2.45, 2.75) is 27.3 Å². The number of nitrogens with zero attached hydrogens (tertiary/aromatic N) is 3. The SMILES string of the molecule is CCOc1ccccc1/C=C\C(=O)N1CCN(Cc2c(C)noc2C)CC1. The molecule has 0 bridgehead atoms. The molecule has 6 nitrogen and oxygen atoms in total. The lowest BCUT2D eigenvalue weighted by Gasteiger charge is -2.34. The van der Waals surface area contributed by atoms with Gasteiger partial charge in [0.25, 0.3) is 0 Å². The fourth-order valence-electron chi connectivity index (χ4n) is 3.25. The minimum Gasteiger partial charge on any atom is -0.493 e. The molecule has 1 aromatic carbocycles. The second kappa shape index (κ2) is 8.86. The number of rotatable bonds is 6. The Morgan fingerprint density at radius 2 is 1.96 bits per heavy atom. The lowest BCUT2D eigenvalue weighted by Crippen LogP contribution is -2.47. The molecule has 2 aromatic rings. The van der Waals surface area contributed by atoms with Gasteiger partial charge >= 0.3 is 0 Å². The van der Waals surface area contributed by atoms with Gasteiger partial charge in [-0.3, -0.25) is 9.69 Å². The van der Waals surface area contributed by atoms with Gasteiger partial charge in [0.15, 0.2) is 0 Å². The summed E-state index contributed by atoms with van der Waals surface area (Å²) in [5, 5.41) is 4.01. The lowest BCUT2D eigenvalue weighted by atomic mass is 10.1. The third-order valence-electron chi connectivity index (χ3n) is 4.87. The molecule has 1 saturated heterocycles. The molecule has 144 valence electrons. The Morgan fingerprint density at radius 3 is 2.63 bits per heavy atom. The van der Waals surface area contributed by atoms with Crippen molar-refractivity contribution < 1.29 is 14.1 Å². The zero-order valence-corrected chi connectivity index (χ0v) is 16.3. The maximum absolute atomic E-state index is 12.5. The molecule has 0 aliphatic carbocycles. The first-order chi connectivity index (χ1) is 13.1. The summed E-state index contributed by atoms with van der Waals surface area (Å²) in [6.45, 7) is 10.4. The third kappa shape index (κ3) is 4.77. The van der Waals surface area contributed by atoms with E-state index in [1.807, 2.05) is 56.0 Å². The molecule has 0 N–H and O–H groups in total. The van der Waals surface area contributed by atoms with E-state index in [1.165, 1.54) is 0 Å². The van der Waals surface area contributed by atoms with Crippen LogP contribution >= 0.6 is 0 Å². The van der Waals surface area contributed by atoms with E-state index in [0.717, 1.165) is 61.1 Å². The first-order valence-electron chi connectivity index (χ1n) is 9.41. The highest BCUT2D eigenvalue weighted by Crippen LogP contribution is 2.20. The molecule has 0 atom stereocenters. The van der Waals surface area contributed by atoms with Crippen molar-refractivity contribution in [3.05, 3.63) is 52.9 Å². The van der Waals surface area contributed by atoms with E-state index in [-0.39, 0.29) is 5.91 Å². The van der Waals surface area contributed by atoms with Crippen LogP contribution in [-0.2, 0) is 11.3 Å². The lowest BCUT2D eigenvalue weighted by molar-refractivity contribution is -0.127. The van der Waals surface area contributed by atoms with Crippen molar-refractivity contribution >= 4 is 12.0 Å². The fourth-order valence-corrected chi connectivity index (χ4v) is 3.25. The number of para-hydroxylation sites is 1. The summed E-state index contributed by atoms with van der Waals surface area (Å²) in [7, 11) is 0. The van der Waals surface area contributed by atoms with Crippen LogP contribution in [0.15, 0.2) is 34.9 Å². The zero-order chi connectivity index (χ0) is 19.2. The van der Waals surface area contributed by atoms with Gasteiger partial charge < -0.3 is 14.2 Å². The highest BCUT2D eigenvalue weighted by Gasteiger charge is 2.21. The van der Waals surface area contributed by atoms with Crippen LogP contribution in [0.3, 0.4) is 0 Å². The van der Waals surface area contributed by atoms with Gasteiger partial charge in [0.05, 0.1) is 12.3 Å². The molecule has 0 unspecified atom stereocenters. The molecule has 6 heteroatoms. The highest BCUT2D eigenvalue weighted by molar-refractivity contribution is 5.92. The first-order valence-corrected chi connectivity index (χ1v) is 9.41. The number of aromatic nitrogens is 1. The van der Waals surface area contributed by atoms with Crippen LogP contribution in [-0.4, -0.2) is 53.6 Å². The Kier molecular flexibility index (Phi) is 6.29. The van der Waals surface area contributed by atoms with E-state index in [9.17, 15) is 4.79 Å². The zero-order valence-electron chi connectivity index (χ0n) is 16.3. The van der Waals surface area contributed by atoms with E-state index in [2.05, 4.69) is 10.1 Å². The van der Waals surface area contributed by atoms with Gasteiger partial charge in [0, 0.05) is 49.9 Å². The number of hydrogen-bond acceptors (Lipinski definition) is 5. The van der Waals surface area contributed by atoms with Crippen LogP contribution in [0.25, 0.3) is 6.08 Å². The van der Waals surface area contributed by atoms with Gasteiger partial charge in [-0.1, -0.05) is 23.4 Å². The molecule has 1 aliphatic heterocycles. The van der Waals surface area contributed by atoms with Crippen LogP contribution in [0.1, 0.15) is 29.5 Å². The maximum Gasteiger partial charge on any atom is 0.246 e. The largest absolute Gasteiger partial charge is 0.493 e. The molecule has 1 fully saturated rings. The molecule has 0 saturated carbocycles. The highest BCUT2D eigenvalue weighted by atomic mass is 16.5. The summed E-state index contributed by atoms with van der Waals surface area (Å²) in [5.74, 6) is 1.72. The van der Waals surface area contributed by atoms with Crippen LogP contribution in [0.2, 0.25) is 0 Å². The number of carbonyl (C=O) groups is 1. The number of aryl methyl sites for hydroxylation is 2. The number of hydrogen-bond donors (Lipinski definition) is 0. The molecule has 27 heavy (non-hydrogen) atoms. The molecule has 3 rings (SSSR count). The Labute approximate surface area is 160 Å². The molecule has 0 radical (unpaired) electrons. The maximum atomic E-state index is 12.5. The van der Waals surface area contributed by atoms with Crippen LogP contribution in [0, 0.1) is 13.8 Å². The van der Waals surface area contributed by atoms with Crippen molar-refractivity contribution in [3.63, 3.8) is 0 Å². The number of benzene rings is 1. The quantitative estimate of drug-likeness (QED) is 0.733. The Bertz CT molecular complexity index is 785. The van der Waals surface area contributed by atoms with Gasteiger partial charge in [-0.25, -0.2) is 0 Å². The van der Waals surface area contributed by atoms with Gasteiger partial charge in [-0.2, -0.15) is 0 Å². The normalized spacial score (nSPS) is 15.4. The summed E-state index contributed by atoms with van der Waals surface area (Å²) in [4.78, 5) is 16.8. The fraction of sp³-hybridized carbons (Fsp3) is 0.429. The standard InChI is InChI=1S/C21H27N3O3/c1-4-26-20-8-6-5-7-18(20)9-10-21(25)24-13-11-23(12-14-24)15-19-16(2)22-27-17(19)3/h5-10H,4,11-15H2,1-3H3/b10-9-. The minimum absolute atomic E-state index is 0.0401. The second-order valence-corrected chi connectivity index (χ2v) is 6.71. The summed E-state index contributed by atoms with van der Waals surface area (Å²) in [6.07, 6.45) is 3.48. The van der Waals surface area contributed by atoms with Gasteiger partial charge in [0.1, 0.15) is 11.5 Å². The van der Waals surface area contributed by atoms with Crippen molar-refractivity contribution in [1.29, 1.82) is 0 Å².